The van der Waals surface area contributed by atoms with Crippen LogP contribution in [-0.4, -0.2) is 48.2 Å². The molecule has 1 amide bonds. The standard InChI is InChI=1S/C8H16N2O2/c1-6(12)9-7-3-8(5-11)10(2)4-7/h7-8,11H,3-5H2,1-2H3,(H,9,12)/t7-,8+/m1/s1. The molecule has 0 aromatic heterocycles. The van der Waals surface area contributed by atoms with Crippen molar-refractivity contribution in [2.75, 3.05) is 20.2 Å². The number of hydrogen-bond donors (Lipinski definition) is 2. The van der Waals surface area contributed by atoms with Crippen molar-refractivity contribution in [3.05, 3.63) is 0 Å². The number of hydrogen-bond acceptors (Lipinski definition) is 3. The first-order valence-corrected chi connectivity index (χ1v) is 4.21. The van der Waals surface area contributed by atoms with E-state index in [-0.39, 0.29) is 24.6 Å². The van der Waals surface area contributed by atoms with Crippen molar-refractivity contribution in [3.63, 3.8) is 0 Å². The van der Waals surface area contributed by atoms with E-state index in [0.717, 1.165) is 13.0 Å². The summed E-state index contributed by atoms with van der Waals surface area (Å²) in [5.41, 5.74) is 0. The van der Waals surface area contributed by atoms with Crippen molar-refractivity contribution >= 4 is 5.91 Å². The van der Waals surface area contributed by atoms with Crippen LogP contribution in [0.1, 0.15) is 13.3 Å². The second kappa shape index (κ2) is 3.87. The molecule has 1 aliphatic heterocycles. The Hall–Kier alpha value is -0.610. The van der Waals surface area contributed by atoms with Crippen LogP contribution in [0.5, 0.6) is 0 Å². The maximum atomic E-state index is 10.7. The minimum atomic E-state index is 0.00647. The number of aliphatic hydroxyl groups is 1. The number of aliphatic hydroxyl groups excluding tert-OH is 1. The molecule has 0 spiro atoms. The third-order valence-electron chi connectivity index (χ3n) is 2.31. The van der Waals surface area contributed by atoms with Gasteiger partial charge in [-0.2, -0.15) is 0 Å². The molecule has 70 valence electrons. The molecule has 0 unspecified atom stereocenters. The van der Waals surface area contributed by atoms with Gasteiger partial charge in [-0.1, -0.05) is 0 Å². The number of nitrogens with one attached hydrogen (secondary N) is 1. The lowest BCUT2D eigenvalue weighted by atomic mass is 10.2. The van der Waals surface area contributed by atoms with Crippen molar-refractivity contribution in [2.24, 2.45) is 0 Å². The largest absolute Gasteiger partial charge is 0.395 e. The summed E-state index contributed by atoms with van der Waals surface area (Å²) in [4.78, 5) is 12.8. The Morgan fingerprint density at radius 3 is 2.83 bits per heavy atom. The van der Waals surface area contributed by atoms with E-state index in [9.17, 15) is 4.79 Å². The summed E-state index contributed by atoms with van der Waals surface area (Å²) in [6.45, 7) is 2.53. The number of carbonyl (C=O) groups is 1. The van der Waals surface area contributed by atoms with Gasteiger partial charge < -0.3 is 10.4 Å². The minimum Gasteiger partial charge on any atom is -0.395 e. The Kier molecular flexibility index (Phi) is 3.05. The monoisotopic (exact) mass is 172 g/mol. The van der Waals surface area contributed by atoms with Crippen LogP contribution in [0.25, 0.3) is 0 Å². The summed E-state index contributed by atoms with van der Waals surface area (Å²) in [5, 5.41) is 11.8. The van der Waals surface area contributed by atoms with Gasteiger partial charge in [-0.15, -0.1) is 0 Å². The molecule has 0 radical (unpaired) electrons. The van der Waals surface area contributed by atoms with Gasteiger partial charge in [0.25, 0.3) is 0 Å². The summed E-state index contributed by atoms with van der Waals surface area (Å²) in [7, 11) is 1.96. The van der Waals surface area contributed by atoms with Crippen molar-refractivity contribution in [3.8, 4) is 0 Å². The lowest BCUT2D eigenvalue weighted by molar-refractivity contribution is -0.119. The van der Waals surface area contributed by atoms with Crippen molar-refractivity contribution in [1.82, 2.24) is 10.2 Å². The summed E-state index contributed by atoms with van der Waals surface area (Å²) in [5.74, 6) is 0.00647. The SMILES string of the molecule is CC(=O)N[C@@H]1C[C@@H](CO)N(C)C1. The highest BCUT2D eigenvalue weighted by Gasteiger charge is 2.28. The lowest BCUT2D eigenvalue weighted by Gasteiger charge is -2.14. The summed E-state index contributed by atoms with van der Waals surface area (Å²) < 4.78 is 0. The molecular weight excluding hydrogens is 156 g/mol. The number of likely N-dealkylation sites (tertiary alicyclic amines) is 1. The highest BCUT2D eigenvalue weighted by molar-refractivity contribution is 5.73. The number of nitrogens with zero attached hydrogens (tertiary/aromatic N) is 1. The van der Waals surface area contributed by atoms with Crippen LogP contribution in [0.15, 0.2) is 0 Å². The molecule has 0 aliphatic carbocycles. The zero-order chi connectivity index (χ0) is 9.14. The Morgan fingerprint density at radius 1 is 1.75 bits per heavy atom. The molecule has 4 nitrogen and oxygen atoms in total. The van der Waals surface area contributed by atoms with Crippen LogP contribution < -0.4 is 5.32 Å². The molecule has 4 heteroatoms. The minimum absolute atomic E-state index is 0.00647. The molecule has 2 atom stereocenters. The average molecular weight is 172 g/mol. The molecule has 1 fully saturated rings. The van der Waals surface area contributed by atoms with Gasteiger partial charge in [-0.25, -0.2) is 0 Å². The van der Waals surface area contributed by atoms with Gasteiger partial charge in [0.05, 0.1) is 6.61 Å². The van der Waals surface area contributed by atoms with Crippen molar-refractivity contribution in [1.29, 1.82) is 0 Å². The molecule has 0 bridgehead atoms. The van der Waals surface area contributed by atoms with Crippen LogP contribution in [0.3, 0.4) is 0 Å². The smallest absolute Gasteiger partial charge is 0.217 e. The summed E-state index contributed by atoms with van der Waals surface area (Å²) >= 11 is 0. The van der Waals surface area contributed by atoms with Crippen LogP contribution in [0.4, 0.5) is 0 Å². The van der Waals surface area contributed by atoms with Crippen LogP contribution in [0.2, 0.25) is 0 Å². The quantitative estimate of drug-likeness (QED) is 0.572. The number of carbonyl (C=O) groups excluding carboxylic acids is 1. The second-order valence-electron chi connectivity index (χ2n) is 3.41. The predicted molar refractivity (Wildman–Crippen MR) is 45.7 cm³/mol. The van der Waals surface area contributed by atoms with E-state index >= 15 is 0 Å². The van der Waals surface area contributed by atoms with E-state index in [2.05, 4.69) is 10.2 Å². The second-order valence-corrected chi connectivity index (χ2v) is 3.41. The van der Waals surface area contributed by atoms with E-state index < -0.39 is 0 Å². The third kappa shape index (κ3) is 2.19. The summed E-state index contributed by atoms with van der Waals surface area (Å²) in [6.07, 6.45) is 0.854. The number of amides is 1. The van der Waals surface area contributed by atoms with Gasteiger partial charge in [-0.05, 0) is 13.5 Å². The maximum absolute atomic E-state index is 10.7. The molecule has 1 heterocycles. The fraction of sp³-hybridized carbons (Fsp3) is 0.875. The normalized spacial score (nSPS) is 30.6. The van der Waals surface area contributed by atoms with Gasteiger partial charge in [0.15, 0.2) is 0 Å². The van der Waals surface area contributed by atoms with Gasteiger partial charge in [-0.3, -0.25) is 9.69 Å². The van der Waals surface area contributed by atoms with E-state index in [1.54, 1.807) is 0 Å². The molecule has 12 heavy (non-hydrogen) atoms. The molecular formula is C8H16N2O2. The van der Waals surface area contributed by atoms with Crippen LogP contribution in [-0.2, 0) is 4.79 Å². The van der Waals surface area contributed by atoms with E-state index in [1.165, 1.54) is 6.92 Å². The van der Waals surface area contributed by atoms with Gasteiger partial charge in [0, 0.05) is 25.6 Å². The highest BCUT2D eigenvalue weighted by Crippen LogP contribution is 2.14. The first-order valence-electron chi connectivity index (χ1n) is 4.21. The molecule has 0 aromatic rings. The van der Waals surface area contributed by atoms with Crippen molar-refractivity contribution in [2.45, 2.75) is 25.4 Å². The molecule has 0 aromatic carbocycles. The lowest BCUT2D eigenvalue weighted by Crippen LogP contribution is -2.34. The topological polar surface area (TPSA) is 52.6 Å². The number of rotatable bonds is 2. The first-order chi connectivity index (χ1) is 5.63. The van der Waals surface area contributed by atoms with E-state index in [0.29, 0.717) is 0 Å². The Balaban J connectivity index is 2.37. The average Bonchev–Trinajstić information content (AvgIpc) is 2.29. The number of likely N-dealkylation sites (N-methyl/N-ethyl adjacent to an activating group) is 1. The van der Waals surface area contributed by atoms with Gasteiger partial charge >= 0.3 is 0 Å². The summed E-state index contributed by atoms with van der Waals surface area (Å²) in [6, 6.07) is 0.423. The molecule has 0 saturated carbocycles. The molecule has 1 aliphatic rings. The Bertz CT molecular complexity index is 172. The maximum Gasteiger partial charge on any atom is 0.217 e. The zero-order valence-electron chi connectivity index (χ0n) is 7.58. The molecule has 1 rings (SSSR count). The Morgan fingerprint density at radius 2 is 2.42 bits per heavy atom. The van der Waals surface area contributed by atoms with E-state index in [1.807, 2.05) is 7.05 Å². The first kappa shape index (κ1) is 9.48. The van der Waals surface area contributed by atoms with E-state index in [4.69, 9.17) is 5.11 Å². The van der Waals surface area contributed by atoms with Crippen molar-refractivity contribution < 1.29 is 9.90 Å². The molecule has 1 saturated heterocycles. The van der Waals surface area contributed by atoms with Crippen LogP contribution >= 0.6 is 0 Å². The fourth-order valence-electron chi connectivity index (χ4n) is 1.69. The zero-order valence-corrected chi connectivity index (χ0v) is 7.58. The fourth-order valence-corrected chi connectivity index (χ4v) is 1.69. The highest BCUT2D eigenvalue weighted by atomic mass is 16.3. The van der Waals surface area contributed by atoms with Gasteiger partial charge in [0.2, 0.25) is 5.91 Å². The molecule has 2 N–H and O–H groups in total. The van der Waals surface area contributed by atoms with Gasteiger partial charge in [0.1, 0.15) is 0 Å². The Labute approximate surface area is 72.6 Å². The predicted octanol–water partition coefficient (Wildman–Crippen LogP) is -0.812. The third-order valence-corrected chi connectivity index (χ3v) is 2.31. The van der Waals surface area contributed by atoms with Crippen LogP contribution in [0, 0.1) is 0 Å².